The molecular weight excluding hydrogens is 280 g/mol. The molecule has 0 bridgehead atoms. The van der Waals surface area contributed by atoms with Crippen molar-refractivity contribution in [3.63, 3.8) is 0 Å². The predicted octanol–water partition coefficient (Wildman–Crippen LogP) is 4.36. The van der Waals surface area contributed by atoms with Gasteiger partial charge in [0.25, 0.3) is 0 Å². The first kappa shape index (κ1) is 14.5. The van der Waals surface area contributed by atoms with Crippen LogP contribution in [0.1, 0.15) is 30.1 Å². The van der Waals surface area contributed by atoms with E-state index in [2.05, 4.69) is 25.1 Å². The Hall–Kier alpha value is -1.45. The summed E-state index contributed by atoms with van der Waals surface area (Å²) in [7, 11) is 0. The van der Waals surface area contributed by atoms with E-state index in [4.69, 9.17) is 4.74 Å². The fraction of sp³-hybridized carbons (Fsp3) is 0.333. The van der Waals surface area contributed by atoms with Crippen LogP contribution in [0.15, 0.2) is 53.4 Å². The van der Waals surface area contributed by atoms with Crippen LogP contribution in [0.2, 0.25) is 0 Å². The first-order chi connectivity index (χ1) is 10.2. The lowest BCUT2D eigenvalue weighted by Crippen LogP contribution is -2.02. The molecule has 1 N–H and O–H groups in total. The van der Waals surface area contributed by atoms with Gasteiger partial charge in [-0.15, -0.1) is 11.8 Å². The lowest BCUT2D eigenvalue weighted by Gasteiger charge is -2.13. The van der Waals surface area contributed by atoms with Gasteiger partial charge in [-0.3, -0.25) is 0 Å². The summed E-state index contributed by atoms with van der Waals surface area (Å²) in [5.41, 5.74) is 2.17. The molecule has 1 saturated carbocycles. The average molecular weight is 300 g/mol. The van der Waals surface area contributed by atoms with Gasteiger partial charge in [0.15, 0.2) is 0 Å². The Morgan fingerprint density at radius 1 is 1.19 bits per heavy atom. The summed E-state index contributed by atoms with van der Waals surface area (Å²) < 4.78 is 5.78. The molecule has 0 amide bonds. The third-order valence-electron chi connectivity index (χ3n) is 3.47. The number of aliphatic hydroxyl groups excluding tert-OH is 1. The first-order valence-corrected chi connectivity index (χ1v) is 8.33. The summed E-state index contributed by atoms with van der Waals surface area (Å²) in [5, 5.41) is 10.3. The van der Waals surface area contributed by atoms with Gasteiger partial charge >= 0.3 is 0 Å². The van der Waals surface area contributed by atoms with Crippen molar-refractivity contribution in [2.24, 2.45) is 0 Å². The number of aliphatic hydroxyl groups is 1. The van der Waals surface area contributed by atoms with Crippen molar-refractivity contribution < 1.29 is 9.84 Å². The van der Waals surface area contributed by atoms with Crippen LogP contribution < -0.4 is 4.74 Å². The van der Waals surface area contributed by atoms with Crippen LogP contribution in [0, 0.1) is 6.92 Å². The number of hydrogen-bond acceptors (Lipinski definition) is 3. The van der Waals surface area contributed by atoms with Crippen LogP contribution in [-0.4, -0.2) is 17.0 Å². The average Bonchev–Trinajstić information content (AvgIpc) is 3.29. The number of thioether (sulfide) groups is 1. The van der Waals surface area contributed by atoms with E-state index in [0.717, 1.165) is 24.2 Å². The van der Waals surface area contributed by atoms with Crippen molar-refractivity contribution in [2.45, 2.75) is 36.9 Å². The summed E-state index contributed by atoms with van der Waals surface area (Å²) in [5.74, 6) is 1.52. The second-order valence-corrected chi connectivity index (χ2v) is 6.63. The highest BCUT2D eigenvalue weighted by molar-refractivity contribution is 7.99. The van der Waals surface area contributed by atoms with E-state index < -0.39 is 6.10 Å². The van der Waals surface area contributed by atoms with Crippen molar-refractivity contribution in [1.29, 1.82) is 0 Å². The maximum absolute atomic E-state index is 10.3. The zero-order valence-corrected chi connectivity index (χ0v) is 13.0. The molecule has 2 aromatic carbocycles. The monoisotopic (exact) mass is 300 g/mol. The highest BCUT2D eigenvalue weighted by Gasteiger charge is 2.23. The Kier molecular flexibility index (Phi) is 4.51. The molecule has 0 saturated heterocycles. The standard InChI is InChI=1S/C18H20O2S/c1-13-4-2-7-17(10-13)21-12-18(19)14-5-3-6-16(11-14)20-15-8-9-15/h2-7,10-11,15,18-19H,8-9,12H2,1H3. The lowest BCUT2D eigenvalue weighted by atomic mass is 10.1. The van der Waals surface area contributed by atoms with E-state index in [9.17, 15) is 5.11 Å². The van der Waals surface area contributed by atoms with Gasteiger partial charge in [0, 0.05) is 10.6 Å². The van der Waals surface area contributed by atoms with Gasteiger partial charge in [-0.1, -0.05) is 29.8 Å². The van der Waals surface area contributed by atoms with Crippen LogP contribution in [0.5, 0.6) is 5.75 Å². The van der Waals surface area contributed by atoms with Crippen LogP contribution in [0.3, 0.4) is 0 Å². The molecule has 3 rings (SSSR count). The molecule has 0 aromatic heterocycles. The smallest absolute Gasteiger partial charge is 0.120 e. The summed E-state index contributed by atoms with van der Waals surface area (Å²) in [4.78, 5) is 1.19. The Bertz CT molecular complexity index is 608. The fourth-order valence-corrected chi connectivity index (χ4v) is 3.14. The Morgan fingerprint density at radius 3 is 2.76 bits per heavy atom. The van der Waals surface area contributed by atoms with E-state index >= 15 is 0 Å². The van der Waals surface area contributed by atoms with Gasteiger partial charge < -0.3 is 9.84 Å². The number of ether oxygens (including phenoxy) is 1. The highest BCUT2D eigenvalue weighted by atomic mass is 32.2. The largest absolute Gasteiger partial charge is 0.490 e. The third-order valence-corrected chi connectivity index (χ3v) is 4.54. The summed E-state index contributed by atoms with van der Waals surface area (Å²) in [6, 6.07) is 16.2. The topological polar surface area (TPSA) is 29.5 Å². The van der Waals surface area contributed by atoms with E-state index in [1.165, 1.54) is 10.5 Å². The van der Waals surface area contributed by atoms with E-state index in [1.54, 1.807) is 11.8 Å². The maximum Gasteiger partial charge on any atom is 0.120 e. The molecule has 110 valence electrons. The predicted molar refractivity (Wildman–Crippen MR) is 87.0 cm³/mol. The van der Waals surface area contributed by atoms with Gasteiger partial charge in [0.1, 0.15) is 5.75 Å². The summed E-state index contributed by atoms with van der Waals surface area (Å²) in [6.45, 7) is 2.08. The molecule has 0 radical (unpaired) electrons. The molecule has 1 aliphatic rings. The van der Waals surface area contributed by atoms with E-state index in [0.29, 0.717) is 11.9 Å². The SMILES string of the molecule is Cc1cccc(SCC(O)c2cccc(OC3CC3)c2)c1. The summed E-state index contributed by atoms with van der Waals surface area (Å²) in [6.07, 6.45) is 2.21. The highest BCUT2D eigenvalue weighted by Crippen LogP contribution is 2.30. The number of aryl methyl sites for hydroxylation is 1. The Balaban J connectivity index is 1.60. The minimum absolute atomic E-state index is 0.388. The minimum Gasteiger partial charge on any atom is -0.490 e. The fourth-order valence-electron chi connectivity index (χ4n) is 2.15. The second kappa shape index (κ2) is 6.54. The van der Waals surface area contributed by atoms with Crippen molar-refractivity contribution in [3.8, 4) is 5.75 Å². The molecule has 3 heteroatoms. The maximum atomic E-state index is 10.3. The van der Waals surface area contributed by atoms with Gasteiger partial charge in [-0.2, -0.15) is 0 Å². The van der Waals surface area contributed by atoms with Crippen molar-refractivity contribution in [1.82, 2.24) is 0 Å². The molecule has 0 aliphatic heterocycles. The zero-order chi connectivity index (χ0) is 14.7. The molecule has 1 aliphatic carbocycles. The van der Waals surface area contributed by atoms with Crippen LogP contribution in [0.25, 0.3) is 0 Å². The van der Waals surface area contributed by atoms with E-state index in [-0.39, 0.29) is 0 Å². The molecule has 21 heavy (non-hydrogen) atoms. The van der Waals surface area contributed by atoms with Crippen molar-refractivity contribution in [2.75, 3.05) is 5.75 Å². The van der Waals surface area contributed by atoms with Crippen LogP contribution >= 0.6 is 11.8 Å². The Labute approximate surface area is 130 Å². The molecule has 1 fully saturated rings. The number of rotatable bonds is 6. The molecule has 0 heterocycles. The van der Waals surface area contributed by atoms with Crippen molar-refractivity contribution in [3.05, 3.63) is 59.7 Å². The van der Waals surface area contributed by atoms with Gasteiger partial charge in [0.2, 0.25) is 0 Å². The molecule has 1 atom stereocenters. The summed E-state index contributed by atoms with van der Waals surface area (Å²) >= 11 is 1.68. The number of benzene rings is 2. The van der Waals surface area contributed by atoms with Gasteiger partial charge in [-0.05, 0) is 49.6 Å². The zero-order valence-electron chi connectivity index (χ0n) is 12.2. The van der Waals surface area contributed by atoms with Crippen LogP contribution in [-0.2, 0) is 0 Å². The minimum atomic E-state index is -0.474. The molecule has 2 nitrogen and oxygen atoms in total. The number of hydrogen-bond donors (Lipinski definition) is 1. The molecular formula is C18H20O2S. The van der Waals surface area contributed by atoms with E-state index in [1.807, 2.05) is 30.3 Å². The molecule has 1 unspecified atom stereocenters. The second-order valence-electron chi connectivity index (χ2n) is 5.53. The normalized spacial score (nSPS) is 15.7. The first-order valence-electron chi connectivity index (χ1n) is 7.35. The third kappa shape index (κ3) is 4.26. The lowest BCUT2D eigenvalue weighted by molar-refractivity contribution is 0.203. The van der Waals surface area contributed by atoms with Crippen LogP contribution in [0.4, 0.5) is 0 Å². The quantitative estimate of drug-likeness (QED) is 0.804. The van der Waals surface area contributed by atoms with Gasteiger partial charge in [0.05, 0.1) is 12.2 Å². The Morgan fingerprint density at radius 2 is 2.00 bits per heavy atom. The molecule has 2 aromatic rings. The van der Waals surface area contributed by atoms with Gasteiger partial charge in [-0.25, -0.2) is 0 Å². The molecule has 0 spiro atoms. The van der Waals surface area contributed by atoms with Crippen molar-refractivity contribution >= 4 is 11.8 Å².